The number of hydrogen-bond acceptors (Lipinski definition) is 5. The van der Waals surface area contributed by atoms with Crippen LogP contribution in [0.1, 0.15) is 76.5 Å². The van der Waals surface area contributed by atoms with Crippen LogP contribution in [0.5, 0.6) is 5.75 Å². The number of rotatable bonds is 11. The molecule has 0 aromatic heterocycles. The number of carbonyl (C=O) groups excluding carboxylic acids is 2. The van der Waals surface area contributed by atoms with Gasteiger partial charge in [0, 0.05) is 49.1 Å². The molecular formula is C34H54N4O3. The number of amides is 2. The maximum absolute atomic E-state index is 12.4. The molecule has 0 saturated heterocycles. The molecule has 3 rings (SSSR count). The van der Waals surface area contributed by atoms with Crippen LogP contribution < -0.4 is 20.7 Å². The minimum absolute atomic E-state index is 0.0282. The smallest absolute Gasteiger partial charge is 0.227 e. The molecule has 1 unspecified atom stereocenters. The summed E-state index contributed by atoms with van der Waals surface area (Å²) < 4.78 is 5.31. The van der Waals surface area contributed by atoms with E-state index in [-0.39, 0.29) is 17.7 Å². The highest BCUT2D eigenvalue weighted by atomic mass is 16.5. The van der Waals surface area contributed by atoms with Gasteiger partial charge in [0.2, 0.25) is 11.8 Å². The van der Waals surface area contributed by atoms with Crippen LogP contribution in [0.4, 0.5) is 17.1 Å². The molecular weight excluding hydrogens is 512 g/mol. The van der Waals surface area contributed by atoms with Gasteiger partial charge in [-0.05, 0) is 107 Å². The molecule has 41 heavy (non-hydrogen) atoms. The lowest BCUT2D eigenvalue weighted by Gasteiger charge is -2.31. The van der Waals surface area contributed by atoms with Crippen molar-refractivity contribution in [3.05, 3.63) is 47.0 Å². The van der Waals surface area contributed by atoms with Gasteiger partial charge in [0.15, 0.2) is 0 Å². The number of hydrogen-bond donors (Lipinski definition) is 3. The van der Waals surface area contributed by atoms with Gasteiger partial charge in [0.05, 0.1) is 7.11 Å². The molecule has 0 radical (unpaired) electrons. The average molecular weight is 567 g/mol. The van der Waals surface area contributed by atoms with E-state index in [0.717, 1.165) is 72.6 Å². The summed E-state index contributed by atoms with van der Waals surface area (Å²) in [5, 5.41) is 9.36. The van der Waals surface area contributed by atoms with Gasteiger partial charge < -0.3 is 25.6 Å². The predicted octanol–water partition coefficient (Wildman–Crippen LogP) is 7.28. The Morgan fingerprint density at radius 3 is 2.22 bits per heavy atom. The second-order valence-electron chi connectivity index (χ2n) is 11.8. The normalized spacial score (nSPS) is 17.2. The van der Waals surface area contributed by atoms with Crippen molar-refractivity contribution in [1.82, 2.24) is 4.90 Å². The molecule has 1 atom stereocenters. The first-order valence-corrected chi connectivity index (χ1v) is 15.2. The van der Waals surface area contributed by atoms with Gasteiger partial charge >= 0.3 is 0 Å². The van der Waals surface area contributed by atoms with E-state index < -0.39 is 0 Å². The van der Waals surface area contributed by atoms with E-state index in [9.17, 15) is 9.59 Å². The number of aryl methyl sites for hydroxylation is 2. The van der Waals surface area contributed by atoms with Crippen LogP contribution in [-0.2, 0) is 16.0 Å². The van der Waals surface area contributed by atoms with Gasteiger partial charge in [-0.25, -0.2) is 0 Å². The van der Waals surface area contributed by atoms with Crippen molar-refractivity contribution in [3.63, 3.8) is 0 Å². The topological polar surface area (TPSA) is 82.7 Å². The molecule has 7 heteroatoms. The third kappa shape index (κ3) is 11.0. The fraction of sp³-hybridized carbons (Fsp3) is 0.588. The Balaban J connectivity index is 0.000000290. The fourth-order valence-electron chi connectivity index (χ4n) is 5.54. The summed E-state index contributed by atoms with van der Waals surface area (Å²) in [6.45, 7) is 14.2. The molecule has 1 saturated carbocycles. The summed E-state index contributed by atoms with van der Waals surface area (Å²) in [6, 6.07) is 9.98. The van der Waals surface area contributed by atoms with Crippen molar-refractivity contribution < 1.29 is 14.3 Å². The van der Waals surface area contributed by atoms with E-state index in [1.807, 2.05) is 31.2 Å². The quantitative estimate of drug-likeness (QED) is 0.266. The Morgan fingerprint density at radius 1 is 0.976 bits per heavy atom. The van der Waals surface area contributed by atoms with Gasteiger partial charge in [-0.1, -0.05) is 33.3 Å². The number of ether oxygens (including phenoxy) is 1. The van der Waals surface area contributed by atoms with E-state index in [0.29, 0.717) is 0 Å². The molecule has 7 nitrogen and oxygen atoms in total. The number of nitrogens with zero attached hydrogens (tertiary/aromatic N) is 1. The molecule has 228 valence electrons. The van der Waals surface area contributed by atoms with Crippen LogP contribution in [0.15, 0.2) is 30.3 Å². The zero-order chi connectivity index (χ0) is 30.5. The monoisotopic (exact) mass is 566 g/mol. The van der Waals surface area contributed by atoms with E-state index in [4.69, 9.17) is 4.74 Å². The Morgan fingerprint density at radius 2 is 1.66 bits per heavy atom. The average Bonchev–Trinajstić information content (AvgIpc) is 2.93. The summed E-state index contributed by atoms with van der Waals surface area (Å²) in [6.07, 6.45) is 6.56. The van der Waals surface area contributed by atoms with Crippen LogP contribution in [0.2, 0.25) is 0 Å². The maximum atomic E-state index is 12.4. The van der Waals surface area contributed by atoms with Gasteiger partial charge in [-0.3, -0.25) is 9.59 Å². The lowest BCUT2D eigenvalue weighted by atomic mass is 9.75. The highest BCUT2D eigenvalue weighted by Crippen LogP contribution is 2.35. The van der Waals surface area contributed by atoms with Crippen molar-refractivity contribution in [1.29, 1.82) is 0 Å². The summed E-state index contributed by atoms with van der Waals surface area (Å²) in [7, 11) is 5.76. The minimum Gasteiger partial charge on any atom is -0.496 e. The minimum atomic E-state index is -0.0282. The van der Waals surface area contributed by atoms with Crippen LogP contribution in [0, 0.1) is 31.6 Å². The Bertz CT molecular complexity index is 1120. The summed E-state index contributed by atoms with van der Waals surface area (Å²) in [5.41, 5.74) is 6.29. The number of likely N-dealkylation sites (N-methyl/N-ethyl adjacent to an activating group) is 1. The molecule has 2 aromatic carbocycles. The molecule has 3 N–H and O–H groups in total. The molecule has 0 aliphatic heterocycles. The molecule has 1 aliphatic rings. The molecule has 0 heterocycles. The Labute approximate surface area is 248 Å². The number of anilines is 3. The van der Waals surface area contributed by atoms with Crippen LogP contribution in [0.3, 0.4) is 0 Å². The van der Waals surface area contributed by atoms with E-state index in [2.05, 4.69) is 68.7 Å². The largest absolute Gasteiger partial charge is 0.496 e. The van der Waals surface area contributed by atoms with Gasteiger partial charge in [-0.15, -0.1) is 0 Å². The Kier molecular flexibility index (Phi) is 14.2. The summed E-state index contributed by atoms with van der Waals surface area (Å²) in [5.74, 6) is 2.69. The highest BCUT2D eigenvalue weighted by molar-refractivity contribution is 5.93. The number of carbonyl (C=O) groups is 2. The maximum Gasteiger partial charge on any atom is 0.227 e. The molecule has 1 aliphatic carbocycles. The zero-order valence-electron chi connectivity index (χ0n) is 26.9. The first-order chi connectivity index (χ1) is 19.5. The van der Waals surface area contributed by atoms with Crippen molar-refractivity contribution in [2.45, 2.75) is 80.1 Å². The summed E-state index contributed by atoms with van der Waals surface area (Å²) in [4.78, 5) is 25.8. The molecule has 1 fully saturated rings. The van der Waals surface area contributed by atoms with Gasteiger partial charge in [0.1, 0.15) is 5.75 Å². The van der Waals surface area contributed by atoms with Crippen molar-refractivity contribution in [2.24, 2.45) is 17.8 Å². The molecule has 2 amide bonds. The Hall–Kier alpha value is -3.06. The fourth-order valence-corrected chi connectivity index (χ4v) is 5.54. The predicted molar refractivity (Wildman–Crippen MR) is 173 cm³/mol. The van der Waals surface area contributed by atoms with Crippen molar-refractivity contribution >= 4 is 28.9 Å². The van der Waals surface area contributed by atoms with Crippen LogP contribution >= 0.6 is 0 Å². The van der Waals surface area contributed by atoms with E-state index >= 15 is 0 Å². The van der Waals surface area contributed by atoms with E-state index in [1.54, 1.807) is 14.0 Å². The first-order valence-electron chi connectivity index (χ1n) is 15.2. The van der Waals surface area contributed by atoms with E-state index in [1.165, 1.54) is 30.4 Å². The highest BCUT2D eigenvalue weighted by Gasteiger charge is 2.28. The number of benzene rings is 2. The van der Waals surface area contributed by atoms with Crippen LogP contribution in [-0.4, -0.2) is 51.0 Å². The summed E-state index contributed by atoms with van der Waals surface area (Å²) >= 11 is 0. The number of nitrogens with one attached hydrogen (secondary N) is 3. The van der Waals surface area contributed by atoms with Crippen molar-refractivity contribution in [3.8, 4) is 5.75 Å². The van der Waals surface area contributed by atoms with Crippen molar-refractivity contribution in [2.75, 3.05) is 50.2 Å². The lowest BCUT2D eigenvalue weighted by Crippen LogP contribution is -2.28. The second kappa shape index (κ2) is 17.0. The number of methoxy groups -OCH3 is 1. The molecule has 0 spiro atoms. The molecule has 0 bridgehead atoms. The third-order valence-corrected chi connectivity index (χ3v) is 8.29. The van der Waals surface area contributed by atoms with Crippen LogP contribution in [0.25, 0.3) is 0 Å². The molecule has 2 aromatic rings. The lowest BCUT2D eigenvalue weighted by molar-refractivity contribution is -0.121. The second-order valence-corrected chi connectivity index (χ2v) is 11.8. The first kappa shape index (κ1) is 34.1. The zero-order valence-corrected chi connectivity index (χ0v) is 26.9. The SMILES string of the molecule is CCC(C)C1CCC(C(=O)Nc2ccc(C)c(OC)c2)CC1.CCc1c(C)cc(NCCN(C)C)cc1NC(C)=O. The standard InChI is InChI=1S/C19H29NO2.C15H25N3O/c1-5-13(2)15-7-9-16(10-8-15)19(21)20-17-11-6-14(3)18(12-17)22-4;1-6-14-11(2)9-13(16-7-8-18(4)5)10-15(14)17-12(3)19/h6,11-13,15-16H,5,7-10H2,1-4H3,(H,20,21);9-10,16H,6-8H2,1-5H3,(H,17,19). The van der Waals surface area contributed by atoms with Gasteiger partial charge in [-0.2, -0.15) is 0 Å². The third-order valence-electron chi connectivity index (χ3n) is 8.29. The van der Waals surface area contributed by atoms with Gasteiger partial charge in [0.25, 0.3) is 0 Å².